The molecule has 3 aromatic rings. The molecule has 5 nitrogen and oxygen atoms in total. The van der Waals surface area contributed by atoms with Gasteiger partial charge in [0.05, 0.1) is 16.7 Å². The highest BCUT2D eigenvalue weighted by atomic mass is 32.2. The number of ether oxygens (including phenoxy) is 1. The summed E-state index contributed by atoms with van der Waals surface area (Å²) in [6.45, 7) is 8.94. The summed E-state index contributed by atoms with van der Waals surface area (Å²) in [4.78, 5) is 15.6. The number of thiocarbonyl (C=S) groups is 1. The van der Waals surface area contributed by atoms with Crippen LogP contribution >= 0.6 is 24.0 Å². The summed E-state index contributed by atoms with van der Waals surface area (Å²) >= 11 is 6.93. The lowest BCUT2D eigenvalue weighted by Gasteiger charge is -2.13. The second-order valence-corrected chi connectivity index (χ2v) is 10.9. The third-order valence-electron chi connectivity index (χ3n) is 5.97. The van der Waals surface area contributed by atoms with Crippen molar-refractivity contribution in [2.45, 2.75) is 59.5 Å². The Morgan fingerprint density at radius 2 is 1.89 bits per heavy atom. The van der Waals surface area contributed by atoms with E-state index in [9.17, 15) is 4.79 Å². The molecule has 4 rings (SSSR count). The van der Waals surface area contributed by atoms with Crippen molar-refractivity contribution in [3.63, 3.8) is 0 Å². The quantitative estimate of drug-likeness (QED) is 0.158. The van der Waals surface area contributed by atoms with Crippen molar-refractivity contribution >= 4 is 40.3 Å². The zero-order valence-electron chi connectivity index (χ0n) is 21.4. The van der Waals surface area contributed by atoms with Crippen LogP contribution in [0.15, 0.2) is 59.6 Å². The Hall–Kier alpha value is -2.90. The molecule has 2 heterocycles. The van der Waals surface area contributed by atoms with Crippen molar-refractivity contribution in [3.8, 4) is 22.7 Å². The van der Waals surface area contributed by atoms with Gasteiger partial charge in [-0.3, -0.25) is 9.69 Å². The molecule has 36 heavy (non-hydrogen) atoms. The van der Waals surface area contributed by atoms with Crippen LogP contribution in [0.25, 0.3) is 23.0 Å². The first-order chi connectivity index (χ1) is 17.4. The fourth-order valence-corrected chi connectivity index (χ4v) is 5.44. The predicted molar refractivity (Wildman–Crippen MR) is 154 cm³/mol. The number of thioether (sulfide) groups is 1. The molecule has 0 bridgehead atoms. The fourth-order valence-electron chi connectivity index (χ4n) is 4.14. The van der Waals surface area contributed by atoms with Gasteiger partial charge >= 0.3 is 0 Å². The number of rotatable bonds is 10. The maximum Gasteiger partial charge on any atom is 0.266 e. The van der Waals surface area contributed by atoms with Crippen LogP contribution in [0.1, 0.15) is 57.6 Å². The number of para-hydroxylation sites is 1. The Morgan fingerprint density at radius 3 is 2.58 bits per heavy atom. The second-order valence-electron chi connectivity index (χ2n) is 9.25. The molecule has 0 unspecified atom stereocenters. The zero-order chi connectivity index (χ0) is 25.7. The van der Waals surface area contributed by atoms with E-state index >= 15 is 0 Å². The lowest BCUT2D eigenvalue weighted by atomic mass is 10.0. The number of aryl methyl sites for hydroxylation is 1. The number of hydrogen-bond acceptors (Lipinski definition) is 5. The predicted octanol–water partition coefficient (Wildman–Crippen LogP) is 7.42. The normalized spacial score (nSPS) is 14.9. The molecule has 2 aromatic carbocycles. The van der Waals surface area contributed by atoms with E-state index in [1.165, 1.54) is 18.2 Å². The summed E-state index contributed by atoms with van der Waals surface area (Å²) in [5.74, 6) is 0.846. The first kappa shape index (κ1) is 26.2. The van der Waals surface area contributed by atoms with E-state index in [1.54, 1.807) is 4.90 Å². The molecule has 1 aliphatic rings. The van der Waals surface area contributed by atoms with Crippen LogP contribution in [0.3, 0.4) is 0 Å². The average molecular weight is 520 g/mol. The monoisotopic (exact) mass is 519 g/mol. The van der Waals surface area contributed by atoms with Gasteiger partial charge in [0.25, 0.3) is 5.91 Å². The molecule has 188 valence electrons. The van der Waals surface area contributed by atoms with E-state index in [2.05, 4.69) is 13.0 Å². The third-order valence-corrected chi connectivity index (χ3v) is 7.35. The lowest BCUT2D eigenvalue weighted by molar-refractivity contribution is -0.122. The molecule has 0 radical (unpaired) electrons. The van der Waals surface area contributed by atoms with Crippen LogP contribution in [-0.2, 0) is 4.79 Å². The van der Waals surface area contributed by atoms with Gasteiger partial charge in [0, 0.05) is 23.9 Å². The van der Waals surface area contributed by atoms with Crippen molar-refractivity contribution in [2.75, 3.05) is 6.54 Å². The van der Waals surface area contributed by atoms with Crippen molar-refractivity contribution < 1.29 is 9.53 Å². The maximum absolute atomic E-state index is 13.2. The molecule has 0 aliphatic carbocycles. The number of unbranched alkanes of at least 4 members (excludes halogenated alkanes) is 3. The number of carbonyl (C=O) groups is 1. The summed E-state index contributed by atoms with van der Waals surface area (Å²) < 4.78 is 8.42. The first-order valence-electron chi connectivity index (χ1n) is 12.6. The minimum atomic E-state index is -0.0169. The molecule has 1 aliphatic heterocycles. The minimum absolute atomic E-state index is 0.0169. The minimum Gasteiger partial charge on any atom is -0.491 e. The van der Waals surface area contributed by atoms with Crippen molar-refractivity contribution in [2.24, 2.45) is 0 Å². The van der Waals surface area contributed by atoms with Crippen molar-refractivity contribution in [3.05, 3.63) is 70.8 Å². The summed E-state index contributed by atoms with van der Waals surface area (Å²) in [6, 6.07) is 16.1. The van der Waals surface area contributed by atoms with E-state index in [-0.39, 0.29) is 12.0 Å². The molecule has 0 saturated carbocycles. The third kappa shape index (κ3) is 6.08. The zero-order valence-corrected chi connectivity index (χ0v) is 23.0. The average Bonchev–Trinajstić information content (AvgIpc) is 3.39. The van der Waals surface area contributed by atoms with E-state index < -0.39 is 0 Å². The van der Waals surface area contributed by atoms with Crippen LogP contribution in [0.4, 0.5) is 0 Å². The van der Waals surface area contributed by atoms with Crippen LogP contribution in [0, 0.1) is 6.92 Å². The maximum atomic E-state index is 13.2. The Bertz CT molecular complexity index is 1260. The molecule has 1 aromatic heterocycles. The Labute approximate surface area is 223 Å². The van der Waals surface area contributed by atoms with Gasteiger partial charge in [-0.25, -0.2) is 4.68 Å². The van der Waals surface area contributed by atoms with Crippen molar-refractivity contribution in [1.29, 1.82) is 0 Å². The van der Waals surface area contributed by atoms with E-state index in [0.717, 1.165) is 53.1 Å². The Morgan fingerprint density at radius 1 is 1.11 bits per heavy atom. The standard InChI is InChI=1S/C29H33N3O2S2/c1-5-6-7-11-16-31-28(33)26(36-29(31)35)18-23-19-32(24-12-9-8-10-13-24)30-27(23)22-14-15-25(21(4)17-22)34-20(2)3/h8-10,12-15,17-20H,5-7,11,16H2,1-4H3. The topological polar surface area (TPSA) is 47.4 Å². The second kappa shape index (κ2) is 11.9. The van der Waals surface area contributed by atoms with Crippen molar-refractivity contribution in [1.82, 2.24) is 14.7 Å². The fraction of sp³-hybridized carbons (Fsp3) is 0.345. The molecule has 1 amide bonds. The van der Waals surface area contributed by atoms with Crippen LogP contribution in [-0.4, -0.2) is 37.6 Å². The summed E-state index contributed by atoms with van der Waals surface area (Å²) in [5.41, 5.74) is 4.66. The summed E-state index contributed by atoms with van der Waals surface area (Å²) in [6.07, 6.45) is 8.42. The van der Waals surface area contributed by atoms with Gasteiger partial charge in [0.2, 0.25) is 0 Å². The Balaban J connectivity index is 1.69. The van der Waals surface area contributed by atoms with Gasteiger partial charge in [0.1, 0.15) is 15.8 Å². The van der Waals surface area contributed by atoms with Crippen LogP contribution in [0.5, 0.6) is 5.75 Å². The van der Waals surface area contributed by atoms with E-state index in [1.807, 2.05) is 80.2 Å². The first-order valence-corrected chi connectivity index (χ1v) is 13.8. The van der Waals surface area contributed by atoms with Gasteiger partial charge in [-0.05, 0) is 69.2 Å². The Kier molecular flexibility index (Phi) is 8.64. The SMILES string of the molecule is CCCCCCN1C(=O)C(=Cc2cn(-c3ccccc3)nc2-c2ccc(OC(C)C)c(C)c2)SC1=S. The highest BCUT2D eigenvalue weighted by molar-refractivity contribution is 8.26. The van der Waals surface area contributed by atoms with Crippen LogP contribution in [0.2, 0.25) is 0 Å². The number of hydrogen-bond donors (Lipinski definition) is 0. The van der Waals surface area contributed by atoms with Gasteiger partial charge < -0.3 is 4.74 Å². The van der Waals surface area contributed by atoms with E-state index in [0.29, 0.717) is 15.8 Å². The molecule has 7 heteroatoms. The van der Waals surface area contributed by atoms with Gasteiger partial charge in [0.15, 0.2) is 0 Å². The van der Waals surface area contributed by atoms with Gasteiger partial charge in [-0.2, -0.15) is 5.10 Å². The van der Waals surface area contributed by atoms with Crippen LogP contribution < -0.4 is 4.74 Å². The summed E-state index contributed by atoms with van der Waals surface area (Å²) in [7, 11) is 0. The number of amides is 1. The molecule has 0 spiro atoms. The lowest BCUT2D eigenvalue weighted by Crippen LogP contribution is -2.29. The number of carbonyl (C=O) groups excluding carboxylic acids is 1. The summed E-state index contributed by atoms with van der Waals surface area (Å²) in [5, 5.41) is 4.92. The number of aromatic nitrogens is 2. The molecule has 1 fully saturated rings. The molecule has 0 N–H and O–H groups in total. The van der Waals surface area contributed by atoms with E-state index in [4.69, 9.17) is 22.1 Å². The molecule has 1 saturated heterocycles. The molecule has 0 atom stereocenters. The molecular weight excluding hydrogens is 486 g/mol. The van der Waals surface area contributed by atoms with Gasteiger partial charge in [-0.1, -0.05) is 68.4 Å². The van der Waals surface area contributed by atoms with Gasteiger partial charge in [-0.15, -0.1) is 0 Å². The number of nitrogens with zero attached hydrogens (tertiary/aromatic N) is 3. The smallest absolute Gasteiger partial charge is 0.266 e. The largest absolute Gasteiger partial charge is 0.491 e. The highest BCUT2D eigenvalue weighted by Gasteiger charge is 2.32. The number of benzene rings is 2. The highest BCUT2D eigenvalue weighted by Crippen LogP contribution is 2.36. The molecular formula is C29H33N3O2S2.